The maximum Gasteiger partial charge on any atom is 0.338 e. The molecule has 0 saturated heterocycles. The first kappa shape index (κ1) is 12.3. The summed E-state index contributed by atoms with van der Waals surface area (Å²) >= 11 is 0. The standard InChI is InChI=1S/C14H16O2/c1-4-16-14(15)13-9-7-12(8-10-13)6-5-11(2)3/h6-10H,4H2,1-3H3. The van der Waals surface area contributed by atoms with Crippen LogP contribution in [-0.2, 0) is 4.74 Å². The molecule has 0 amide bonds. The molecule has 0 N–H and O–H groups in total. The van der Waals surface area contributed by atoms with Gasteiger partial charge in [0.25, 0.3) is 0 Å². The van der Waals surface area contributed by atoms with Crippen molar-refractivity contribution in [3.05, 3.63) is 46.7 Å². The van der Waals surface area contributed by atoms with Crippen LogP contribution in [0.5, 0.6) is 0 Å². The van der Waals surface area contributed by atoms with Crippen molar-refractivity contribution in [2.75, 3.05) is 6.61 Å². The van der Waals surface area contributed by atoms with Crippen LogP contribution in [0.15, 0.2) is 35.6 Å². The zero-order valence-electron chi connectivity index (χ0n) is 9.91. The molecule has 16 heavy (non-hydrogen) atoms. The van der Waals surface area contributed by atoms with Gasteiger partial charge in [0, 0.05) is 0 Å². The Balaban J connectivity index is 2.83. The van der Waals surface area contributed by atoms with Crippen LogP contribution in [0.4, 0.5) is 0 Å². The summed E-state index contributed by atoms with van der Waals surface area (Å²) in [5.41, 5.74) is 5.83. The lowest BCUT2D eigenvalue weighted by Gasteiger charge is -2.01. The van der Waals surface area contributed by atoms with Crippen LogP contribution in [0.1, 0.15) is 36.7 Å². The highest BCUT2D eigenvalue weighted by Crippen LogP contribution is 2.07. The molecule has 0 unspecified atom stereocenters. The van der Waals surface area contributed by atoms with Crippen molar-refractivity contribution in [1.29, 1.82) is 0 Å². The predicted molar refractivity (Wildman–Crippen MR) is 65.2 cm³/mol. The second kappa shape index (κ2) is 5.94. The highest BCUT2D eigenvalue weighted by atomic mass is 16.5. The molecule has 0 radical (unpaired) electrons. The molecule has 0 bridgehead atoms. The van der Waals surface area contributed by atoms with Gasteiger partial charge in [-0.15, -0.1) is 5.73 Å². The van der Waals surface area contributed by atoms with E-state index in [1.54, 1.807) is 19.1 Å². The molecule has 0 atom stereocenters. The second-order valence-corrected chi connectivity index (χ2v) is 3.63. The smallest absolute Gasteiger partial charge is 0.338 e. The van der Waals surface area contributed by atoms with Gasteiger partial charge in [-0.2, -0.15) is 0 Å². The number of allylic oxidation sites excluding steroid dienone is 1. The van der Waals surface area contributed by atoms with Gasteiger partial charge >= 0.3 is 5.97 Å². The fourth-order valence-corrected chi connectivity index (χ4v) is 1.16. The molecular formula is C14H16O2. The second-order valence-electron chi connectivity index (χ2n) is 3.63. The van der Waals surface area contributed by atoms with Gasteiger partial charge < -0.3 is 4.74 Å². The average molecular weight is 216 g/mol. The van der Waals surface area contributed by atoms with Crippen molar-refractivity contribution in [1.82, 2.24) is 0 Å². The van der Waals surface area contributed by atoms with Crippen molar-refractivity contribution in [2.45, 2.75) is 20.8 Å². The molecule has 0 fully saturated rings. The summed E-state index contributed by atoms with van der Waals surface area (Å²) in [5.74, 6) is -0.278. The van der Waals surface area contributed by atoms with Crippen molar-refractivity contribution in [3.8, 4) is 0 Å². The molecule has 1 aromatic rings. The zero-order valence-corrected chi connectivity index (χ0v) is 9.91. The van der Waals surface area contributed by atoms with Gasteiger partial charge in [-0.25, -0.2) is 4.79 Å². The van der Waals surface area contributed by atoms with Gasteiger partial charge in [-0.1, -0.05) is 12.1 Å². The Hall–Kier alpha value is -1.79. The van der Waals surface area contributed by atoms with E-state index in [0.29, 0.717) is 12.2 Å². The molecule has 0 aliphatic rings. The third kappa shape index (κ3) is 3.76. The minimum absolute atomic E-state index is 0.278. The van der Waals surface area contributed by atoms with Crippen molar-refractivity contribution >= 4 is 12.0 Å². The van der Waals surface area contributed by atoms with E-state index in [1.165, 1.54) is 0 Å². The summed E-state index contributed by atoms with van der Waals surface area (Å²) in [6.07, 6.45) is 1.89. The van der Waals surface area contributed by atoms with E-state index in [0.717, 1.165) is 11.1 Å². The van der Waals surface area contributed by atoms with Crippen molar-refractivity contribution < 1.29 is 9.53 Å². The first-order valence-corrected chi connectivity index (χ1v) is 5.30. The molecule has 1 aromatic carbocycles. The molecule has 84 valence electrons. The maximum absolute atomic E-state index is 11.4. The molecule has 0 aromatic heterocycles. The summed E-state index contributed by atoms with van der Waals surface area (Å²) in [7, 11) is 0. The molecule has 2 heteroatoms. The Morgan fingerprint density at radius 3 is 2.44 bits per heavy atom. The molecule has 0 saturated carbocycles. The highest BCUT2D eigenvalue weighted by Gasteiger charge is 2.04. The van der Waals surface area contributed by atoms with Crippen LogP contribution >= 0.6 is 0 Å². The van der Waals surface area contributed by atoms with Crippen LogP contribution in [0.2, 0.25) is 0 Å². The lowest BCUT2D eigenvalue weighted by atomic mass is 10.1. The van der Waals surface area contributed by atoms with Crippen molar-refractivity contribution in [2.24, 2.45) is 0 Å². The number of carbonyl (C=O) groups excluding carboxylic acids is 1. The molecule has 0 heterocycles. The van der Waals surface area contributed by atoms with E-state index in [9.17, 15) is 4.79 Å². The van der Waals surface area contributed by atoms with E-state index >= 15 is 0 Å². The number of rotatable bonds is 3. The molecule has 0 aliphatic heterocycles. The zero-order chi connectivity index (χ0) is 12.0. The number of esters is 1. The summed E-state index contributed by atoms with van der Waals surface area (Å²) in [5, 5.41) is 0. The minimum Gasteiger partial charge on any atom is -0.462 e. The normalized spacial score (nSPS) is 9.19. The number of benzene rings is 1. The molecule has 2 nitrogen and oxygen atoms in total. The fraction of sp³-hybridized carbons (Fsp3) is 0.286. The average Bonchev–Trinajstić information content (AvgIpc) is 2.27. The summed E-state index contributed by atoms with van der Waals surface area (Å²) in [4.78, 5) is 11.4. The predicted octanol–water partition coefficient (Wildman–Crippen LogP) is 3.44. The van der Waals surface area contributed by atoms with E-state index < -0.39 is 0 Å². The number of hydrogen-bond donors (Lipinski definition) is 0. The summed E-state index contributed by atoms with van der Waals surface area (Å²) in [6.45, 7) is 6.18. The monoisotopic (exact) mass is 216 g/mol. The van der Waals surface area contributed by atoms with Crippen LogP contribution in [0.25, 0.3) is 6.08 Å². The molecule has 1 rings (SSSR count). The Labute approximate surface area is 96.2 Å². The summed E-state index contributed by atoms with van der Waals surface area (Å²) < 4.78 is 4.90. The topological polar surface area (TPSA) is 26.3 Å². The van der Waals surface area contributed by atoms with Crippen LogP contribution < -0.4 is 0 Å². The number of carbonyl (C=O) groups is 1. The molecule has 0 spiro atoms. The van der Waals surface area contributed by atoms with Gasteiger partial charge in [0.2, 0.25) is 0 Å². The lowest BCUT2D eigenvalue weighted by molar-refractivity contribution is 0.0526. The summed E-state index contributed by atoms with van der Waals surface area (Å²) in [6, 6.07) is 7.28. The van der Waals surface area contributed by atoms with Gasteiger partial charge in [-0.3, -0.25) is 0 Å². The van der Waals surface area contributed by atoms with Gasteiger partial charge in [-0.05, 0) is 50.1 Å². The first-order chi connectivity index (χ1) is 7.63. The Kier molecular flexibility index (Phi) is 4.56. The quantitative estimate of drug-likeness (QED) is 0.571. The van der Waals surface area contributed by atoms with E-state index in [4.69, 9.17) is 4.74 Å². The van der Waals surface area contributed by atoms with Gasteiger partial charge in [0.05, 0.1) is 12.2 Å². The Bertz CT molecular complexity index is 417. The van der Waals surface area contributed by atoms with E-state index in [2.05, 4.69) is 5.73 Å². The maximum atomic E-state index is 11.4. The molecule has 0 aliphatic carbocycles. The van der Waals surface area contributed by atoms with E-state index in [1.807, 2.05) is 32.1 Å². The largest absolute Gasteiger partial charge is 0.462 e. The van der Waals surface area contributed by atoms with Gasteiger partial charge in [0.15, 0.2) is 0 Å². The number of ether oxygens (including phenoxy) is 1. The van der Waals surface area contributed by atoms with E-state index in [-0.39, 0.29) is 5.97 Å². The fourth-order valence-electron chi connectivity index (χ4n) is 1.16. The SMILES string of the molecule is CCOC(=O)c1ccc(C=C=C(C)C)cc1. The number of hydrogen-bond acceptors (Lipinski definition) is 2. The first-order valence-electron chi connectivity index (χ1n) is 5.30. The Morgan fingerprint density at radius 2 is 1.94 bits per heavy atom. The third-order valence-corrected chi connectivity index (χ3v) is 1.95. The van der Waals surface area contributed by atoms with Crippen LogP contribution in [0.3, 0.4) is 0 Å². The highest BCUT2D eigenvalue weighted by molar-refractivity contribution is 5.89. The minimum atomic E-state index is -0.278. The van der Waals surface area contributed by atoms with Crippen LogP contribution in [-0.4, -0.2) is 12.6 Å². The van der Waals surface area contributed by atoms with Gasteiger partial charge in [0.1, 0.15) is 0 Å². The lowest BCUT2D eigenvalue weighted by Crippen LogP contribution is -2.03. The van der Waals surface area contributed by atoms with Crippen molar-refractivity contribution in [3.63, 3.8) is 0 Å². The molecular weight excluding hydrogens is 200 g/mol. The Morgan fingerprint density at radius 1 is 1.31 bits per heavy atom. The van der Waals surface area contributed by atoms with Crippen LogP contribution in [0, 0.1) is 0 Å². The third-order valence-electron chi connectivity index (χ3n) is 1.95.